The molecule has 0 aromatic carbocycles. The van der Waals surface area contributed by atoms with Crippen molar-refractivity contribution in [3.8, 4) is 0 Å². The standard InChI is InChI=1S/C17H31N5S/c1-3-15-14-21-16(23-15)8-10-20-17(18-2)19-9-4-5-11-22-12-6-7-13-22/h14H,3-13H2,1-2H3,(H2,18,19,20). The molecule has 0 radical (unpaired) electrons. The Hall–Kier alpha value is -1.14. The first-order chi connectivity index (χ1) is 11.3. The summed E-state index contributed by atoms with van der Waals surface area (Å²) in [7, 11) is 1.83. The molecule has 1 aliphatic heterocycles. The Morgan fingerprint density at radius 3 is 2.74 bits per heavy atom. The van der Waals surface area contributed by atoms with Gasteiger partial charge in [-0.15, -0.1) is 11.3 Å². The molecule has 0 bridgehead atoms. The summed E-state index contributed by atoms with van der Waals surface area (Å²) >= 11 is 1.81. The first-order valence-corrected chi connectivity index (χ1v) is 9.74. The van der Waals surface area contributed by atoms with Crippen LogP contribution in [0.2, 0.25) is 0 Å². The molecule has 0 aliphatic carbocycles. The lowest BCUT2D eigenvalue weighted by atomic mass is 10.3. The van der Waals surface area contributed by atoms with Crippen LogP contribution in [0.3, 0.4) is 0 Å². The van der Waals surface area contributed by atoms with Gasteiger partial charge in [-0.05, 0) is 51.7 Å². The number of hydrogen-bond donors (Lipinski definition) is 2. The van der Waals surface area contributed by atoms with Gasteiger partial charge in [0.1, 0.15) is 0 Å². The average molecular weight is 338 g/mol. The Bertz CT molecular complexity index is 465. The van der Waals surface area contributed by atoms with E-state index in [4.69, 9.17) is 0 Å². The summed E-state index contributed by atoms with van der Waals surface area (Å²) in [6.07, 6.45) is 9.26. The lowest BCUT2D eigenvalue weighted by Crippen LogP contribution is -2.38. The van der Waals surface area contributed by atoms with Crippen molar-refractivity contribution in [1.29, 1.82) is 0 Å². The van der Waals surface area contributed by atoms with Crippen LogP contribution in [0.5, 0.6) is 0 Å². The predicted octanol–water partition coefficient (Wildman–Crippen LogP) is 2.29. The van der Waals surface area contributed by atoms with Crippen molar-refractivity contribution in [2.75, 3.05) is 39.8 Å². The summed E-state index contributed by atoms with van der Waals surface area (Å²) < 4.78 is 0. The van der Waals surface area contributed by atoms with E-state index in [2.05, 4.69) is 32.4 Å². The number of thiazole rings is 1. The van der Waals surface area contributed by atoms with Gasteiger partial charge in [0.05, 0.1) is 5.01 Å². The number of likely N-dealkylation sites (tertiary alicyclic amines) is 1. The molecular weight excluding hydrogens is 306 g/mol. The zero-order chi connectivity index (χ0) is 16.3. The van der Waals surface area contributed by atoms with Crippen LogP contribution in [-0.2, 0) is 12.8 Å². The Morgan fingerprint density at radius 2 is 2.04 bits per heavy atom. The van der Waals surface area contributed by atoms with Gasteiger partial charge >= 0.3 is 0 Å². The molecule has 0 unspecified atom stereocenters. The quantitative estimate of drug-likeness (QED) is 0.412. The molecule has 1 fully saturated rings. The maximum Gasteiger partial charge on any atom is 0.190 e. The molecular formula is C17H31N5S. The Morgan fingerprint density at radius 1 is 1.26 bits per heavy atom. The van der Waals surface area contributed by atoms with E-state index in [1.54, 1.807) is 0 Å². The molecule has 2 N–H and O–H groups in total. The van der Waals surface area contributed by atoms with E-state index in [-0.39, 0.29) is 0 Å². The third-order valence-electron chi connectivity index (χ3n) is 4.20. The number of hydrogen-bond acceptors (Lipinski definition) is 4. The number of nitrogens with one attached hydrogen (secondary N) is 2. The molecule has 0 amide bonds. The molecule has 1 aromatic rings. The molecule has 23 heavy (non-hydrogen) atoms. The van der Waals surface area contributed by atoms with Crippen molar-refractivity contribution in [2.24, 2.45) is 4.99 Å². The van der Waals surface area contributed by atoms with Crippen LogP contribution in [0.1, 0.15) is 42.5 Å². The van der Waals surface area contributed by atoms with E-state index in [0.717, 1.165) is 31.9 Å². The van der Waals surface area contributed by atoms with Gasteiger partial charge in [-0.25, -0.2) is 4.98 Å². The summed E-state index contributed by atoms with van der Waals surface area (Å²) in [5.41, 5.74) is 0. The van der Waals surface area contributed by atoms with E-state index >= 15 is 0 Å². The smallest absolute Gasteiger partial charge is 0.190 e. The minimum absolute atomic E-state index is 0.879. The monoisotopic (exact) mass is 337 g/mol. The number of nitrogens with zero attached hydrogens (tertiary/aromatic N) is 3. The summed E-state index contributed by atoms with van der Waals surface area (Å²) in [6, 6.07) is 0. The van der Waals surface area contributed by atoms with Gasteiger partial charge in [-0.2, -0.15) is 0 Å². The van der Waals surface area contributed by atoms with E-state index in [1.807, 2.05) is 24.6 Å². The van der Waals surface area contributed by atoms with Gasteiger partial charge in [-0.3, -0.25) is 4.99 Å². The molecule has 1 aromatic heterocycles. The van der Waals surface area contributed by atoms with Crippen molar-refractivity contribution in [2.45, 2.75) is 45.4 Å². The van der Waals surface area contributed by atoms with Crippen molar-refractivity contribution in [1.82, 2.24) is 20.5 Å². The normalized spacial score (nSPS) is 16.0. The van der Waals surface area contributed by atoms with Crippen molar-refractivity contribution in [3.05, 3.63) is 16.1 Å². The van der Waals surface area contributed by atoms with Gasteiger partial charge < -0.3 is 15.5 Å². The Kier molecular flexibility index (Phi) is 8.39. The van der Waals surface area contributed by atoms with Crippen LogP contribution < -0.4 is 10.6 Å². The summed E-state index contributed by atoms with van der Waals surface area (Å²) in [5, 5.41) is 7.98. The number of aliphatic imine (C=N–C) groups is 1. The number of unbranched alkanes of at least 4 members (excludes halogenated alkanes) is 1. The molecule has 1 saturated heterocycles. The highest BCUT2D eigenvalue weighted by atomic mass is 32.1. The van der Waals surface area contributed by atoms with Crippen LogP contribution in [0.4, 0.5) is 0 Å². The molecule has 0 saturated carbocycles. The Balaban J connectivity index is 1.52. The van der Waals surface area contributed by atoms with E-state index in [0.29, 0.717) is 0 Å². The van der Waals surface area contributed by atoms with E-state index < -0.39 is 0 Å². The predicted molar refractivity (Wildman–Crippen MR) is 99.5 cm³/mol. The van der Waals surface area contributed by atoms with Crippen LogP contribution in [0.15, 0.2) is 11.2 Å². The molecule has 130 valence electrons. The van der Waals surface area contributed by atoms with Gasteiger partial charge in [0, 0.05) is 37.6 Å². The maximum atomic E-state index is 4.45. The Labute approximate surface area is 144 Å². The lowest BCUT2D eigenvalue weighted by Gasteiger charge is -2.15. The second kappa shape index (κ2) is 10.6. The molecule has 5 nitrogen and oxygen atoms in total. The SMILES string of the molecule is CCc1cnc(CCNC(=NC)NCCCCN2CCCC2)s1. The minimum Gasteiger partial charge on any atom is -0.356 e. The largest absolute Gasteiger partial charge is 0.356 e. The topological polar surface area (TPSA) is 52.6 Å². The first kappa shape index (κ1) is 18.2. The fourth-order valence-electron chi connectivity index (χ4n) is 2.81. The maximum absolute atomic E-state index is 4.45. The number of guanidine groups is 1. The second-order valence-electron chi connectivity index (χ2n) is 6.01. The third-order valence-corrected chi connectivity index (χ3v) is 5.40. The second-order valence-corrected chi connectivity index (χ2v) is 7.21. The summed E-state index contributed by atoms with van der Waals surface area (Å²) in [6.45, 7) is 7.89. The molecule has 1 aliphatic rings. The fourth-order valence-corrected chi connectivity index (χ4v) is 3.67. The van der Waals surface area contributed by atoms with E-state index in [9.17, 15) is 0 Å². The molecule has 0 spiro atoms. The van der Waals surface area contributed by atoms with E-state index in [1.165, 1.54) is 55.2 Å². The minimum atomic E-state index is 0.879. The van der Waals surface area contributed by atoms with Gasteiger partial charge in [0.25, 0.3) is 0 Å². The van der Waals surface area contributed by atoms with Crippen LogP contribution in [0, 0.1) is 0 Å². The zero-order valence-corrected chi connectivity index (χ0v) is 15.4. The molecule has 0 atom stereocenters. The van der Waals surface area contributed by atoms with Gasteiger partial charge in [0.2, 0.25) is 0 Å². The van der Waals surface area contributed by atoms with Crippen molar-refractivity contribution >= 4 is 17.3 Å². The number of aryl methyl sites for hydroxylation is 1. The fraction of sp³-hybridized carbons (Fsp3) is 0.765. The first-order valence-electron chi connectivity index (χ1n) is 8.92. The van der Waals surface area contributed by atoms with Crippen LogP contribution >= 0.6 is 11.3 Å². The van der Waals surface area contributed by atoms with Crippen molar-refractivity contribution in [3.63, 3.8) is 0 Å². The summed E-state index contributed by atoms with van der Waals surface area (Å²) in [4.78, 5) is 12.7. The van der Waals surface area contributed by atoms with Crippen molar-refractivity contribution < 1.29 is 0 Å². The van der Waals surface area contributed by atoms with Gasteiger partial charge in [0.15, 0.2) is 5.96 Å². The lowest BCUT2D eigenvalue weighted by molar-refractivity contribution is 0.330. The molecule has 2 rings (SSSR count). The molecule has 2 heterocycles. The van der Waals surface area contributed by atoms with Crippen LogP contribution in [0.25, 0.3) is 0 Å². The van der Waals surface area contributed by atoms with Crippen LogP contribution in [-0.4, -0.2) is 55.6 Å². The third kappa shape index (κ3) is 6.87. The highest BCUT2D eigenvalue weighted by Gasteiger charge is 2.10. The highest BCUT2D eigenvalue weighted by molar-refractivity contribution is 7.11. The highest BCUT2D eigenvalue weighted by Crippen LogP contribution is 2.13. The van der Waals surface area contributed by atoms with Gasteiger partial charge in [-0.1, -0.05) is 6.92 Å². The molecule has 6 heteroatoms. The number of aromatic nitrogens is 1. The zero-order valence-electron chi connectivity index (χ0n) is 14.6. The number of rotatable bonds is 9. The summed E-state index contributed by atoms with van der Waals surface area (Å²) in [5.74, 6) is 0.901. The average Bonchev–Trinajstić information content (AvgIpc) is 3.24.